The van der Waals surface area contributed by atoms with Crippen LogP contribution in [0.5, 0.6) is 0 Å². The normalized spacial score (nSPS) is 20.9. The molecule has 1 unspecified atom stereocenters. The third-order valence-corrected chi connectivity index (χ3v) is 3.09. The number of methoxy groups -OCH3 is 1. The molecule has 0 amide bonds. The molecule has 1 aromatic heterocycles. The second-order valence-corrected chi connectivity index (χ2v) is 5.88. The molecular weight excluding hydrogens is 262 g/mol. The molecule has 0 saturated carbocycles. The van der Waals surface area contributed by atoms with E-state index in [-0.39, 0.29) is 11.4 Å². The SMILES string of the molecule is COC(=O)C1CN(Cc2noc(C(C)(C)C)n2)CCO1. The second kappa shape index (κ2) is 5.88. The molecule has 20 heavy (non-hydrogen) atoms. The lowest BCUT2D eigenvalue weighted by Gasteiger charge is -2.30. The molecule has 112 valence electrons. The van der Waals surface area contributed by atoms with E-state index >= 15 is 0 Å². The highest BCUT2D eigenvalue weighted by molar-refractivity contribution is 5.74. The monoisotopic (exact) mass is 283 g/mol. The lowest BCUT2D eigenvalue weighted by Crippen LogP contribution is -2.46. The van der Waals surface area contributed by atoms with E-state index < -0.39 is 6.10 Å². The first-order chi connectivity index (χ1) is 9.40. The van der Waals surface area contributed by atoms with Gasteiger partial charge in [0.25, 0.3) is 0 Å². The third-order valence-electron chi connectivity index (χ3n) is 3.09. The number of morpholine rings is 1. The molecule has 1 atom stereocenters. The average molecular weight is 283 g/mol. The van der Waals surface area contributed by atoms with Gasteiger partial charge in [-0.3, -0.25) is 4.90 Å². The summed E-state index contributed by atoms with van der Waals surface area (Å²) in [4.78, 5) is 17.9. The number of hydrogen-bond acceptors (Lipinski definition) is 7. The standard InChI is InChI=1S/C13H21N3O4/c1-13(2,3)12-14-10(15-20-12)8-16-5-6-19-9(7-16)11(17)18-4/h9H,5-8H2,1-4H3. The summed E-state index contributed by atoms with van der Waals surface area (Å²) in [5.41, 5.74) is -0.162. The number of carbonyl (C=O) groups is 1. The zero-order valence-electron chi connectivity index (χ0n) is 12.4. The molecule has 1 aromatic rings. The molecule has 7 heteroatoms. The molecule has 2 heterocycles. The number of esters is 1. The Hall–Kier alpha value is -1.47. The van der Waals surface area contributed by atoms with Crippen molar-refractivity contribution in [1.29, 1.82) is 0 Å². The number of hydrogen-bond donors (Lipinski definition) is 0. The van der Waals surface area contributed by atoms with E-state index in [9.17, 15) is 4.79 Å². The Morgan fingerprint density at radius 2 is 2.25 bits per heavy atom. The van der Waals surface area contributed by atoms with Gasteiger partial charge in [-0.2, -0.15) is 4.98 Å². The van der Waals surface area contributed by atoms with E-state index in [4.69, 9.17) is 14.0 Å². The summed E-state index contributed by atoms with van der Waals surface area (Å²) in [6, 6.07) is 0. The smallest absolute Gasteiger partial charge is 0.336 e. The molecular formula is C13H21N3O4. The van der Waals surface area contributed by atoms with Crippen LogP contribution in [-0.4, -0.2) is 53.9 Å². The quantitative estimate of drug-likeness (QED) is 0.757. The van der Waals surface area contributed by atoms with Crippen molar-refractivity contribution in [3.8, 4) is 0 Å². The van der Waals surface area contributed by atoms with Crippen molar-refractivity contribution in [3.05, 3.63) is 11.7 Å². The van der Waals surface area contributed by atoms with Crippen molar-refractivity contribution in [2.75, 3.05) is 26.8 Å². The fourth-order valence-electron chi connectivity index (χ4n) is 1.94. The van der Waals surface area contributed by atoms with Gasteiger partial charge in [-0.05, 0) is 0 Å². The number of nitrogens with zero attached hydrogens (tertiary/aromatic N) is 3. The fourth-order valence-corrected chi connectivity index (χ4v) is 1.94. The molecule has 1 aliphatic rings. The van der Waals surface area contributed by atoms with Crippen LogP contribution in [0.25, 0.3) is 0 Å². The van der Waals surface area contributed by atoms with E-state index in [1.54, 1.807) is 0 Å². The summed E-state index contributed by atoms with van der Waals surface area (Å²) in [6.07, 6.45) is -0.539. The maximum Gasteiger partial charge on any atom is 0.336 e. The van der Waals surface area contributed by atoms with E-state index in [0.29, 0.717) is 31.4 Å². The minimum Gasteiger partial charge on any atom is -0.467 e. The molecule has 0 spiro atoms. The Morgan fingerprint density at radius 3 is 2.85 bits per heavy atom. The molecule has 2 rings (SSSR count). The van der Waals surface area contributed by atoms with Crippen LogP contribution in [0.2, 0.25) is 0 Å². The maximum absolute atomic E-state index is 11.5. The molecule has 0 aromatic carbocycles. The van der Waals surface area contributed by atoms with Crippen molar-refractivity contribution in [2.24, 2.45) is 0 Å². The molecule has 1 saturated heterocycles. The van der Waals surface area contributed by atoms with Crippen molar-refractivity contribution in [3.63, 3.8) is 0 Å². The summed E-state index contributed by atoms with van der Waals surface area (Å²) in [6.45, 7) is 8.30. The summed E-state index contributed by atoms with van der Waals surface area (Å²) >= 11 is 0. The molecule has 0 bridgehead atoms. The number of aromatic nitrogens is 2. The van der Waals surface area contributed by atoms with Crippen LogP contribution in [0.1, 0.15) is 32.5 Å². The first-order valence-corrected chi connectivity index (χ1v) is 6.65. The number of ether oxygens (including phenoxy) is 2. The third kappa shape index (κ3) is 3.55. The van der Waals surface area contributed by atoms with Crippen LogP contribution in [-0.2, 0) is 26.2 Å². The first kappa shape index (κ1) is 14.9. The van der Waals surface area contributed by atoms with Gasteiger partial charge in [-0.1, -0.05) is 25.9 Å². The topological polar surface area (TPSA) is 77.7 Å². The summed E-state index contributed by atoms with van der Waals surface area (Å²) < 4.78 is 15.3. The van der Waals surface area contributed by atoms with Crippen LogP contribution in [0.3, 0.4) is 0 Å². The molecule has 1 fully saturated rings. The highest BCUT2D eigenvalue weighted by Gasteiger charge is 2.29. The van der Waals surface area contributed by atoms with Crippen LogP contribution in [0.4, 0.5) is 0 Å². The Morgan fingerprint density at radius 1 is 1.50 bits per heavy atom. The van der Waals surface area contributed by atoms with Gasteiger partial charge in [0.2, 0.25) is 5.89 Å². The molecule has 7 nitrogen and oxygen atoms in total. The predicted molar refractivity (Wildman–Crippen MR) is 70.0 cm³/mol. The molecule has 0 aliphatic carbocycles. The number of rotatable bonds is 3. The van der Waals surface area contributed by atoms with E-state index in [0.717, 1.165) is 6.54 Å². The molecule has 0 radical (unpaired) electrons. The van der Waals surface area contributed by atoms with Gasteiger partial charge >= 0.3 is 5.97 Å². The van der Waals surface area contributed by atoms with Crippen LogP contribution < -0.4 is 0 Å². The lowest BCUT2D eigenvalue weighted by atomic mass is 9.97. The van der Waals surface area contributed by atoms with Gasteiger partial charge in [0.15, 0.2) is 11.9 Å². The second-order valence-electron chi connectivity index (χ2n) is 5.88. The Labute approximate surface area is 118 Å². The highest BCUT2D eigenvalue weighted by Crippen LogP contribution is 2.20. The Bertz CT molecular complexity index is 466. The summed E-state index contributed by atoms with van der Waals surface area (Å²) in [5, 5.41) is 3.98. The van der Waals surface area contributed by atoms with E-state index in [1.165, 1.54) is 7.11 Å². The van der Waals surface area contributed by atoms with Gasteiger partial charge in [-0.15, -0.1) is 0 Å². The van der Waals surface area contributed by atoms with Gasteiger partial charge in [-0.25, -0.2) is 4.79 Å². The minimum atomic E-state index is -0.539. The zero-order valence-corrected chi connectivity index (χ0v) is 12.4. The predicted octanol–water partition coefficient (Wildman–Crippen LogP) is 0.741. The fraction of sp³-hybridized carbons (Fsp3) is 0.769. The Kier molecular flexibility index (Phi) is 4.39. The summed E-state index contributed by atoms with van der Waals surface area (Å²) in [5.74, 6) is 0.893. The first-order valence-electron chi connectivity index (χ1n) is 6.65. The summed E-state index contributed by atoms with van der Waals surface area (Å²) in [7, 11) is 1.36. The van der Waals surface area contributed by atoms with Gasteiger partial charge < -0.3 is 14.0 Å². The van der Waals surface area contributed by atoms with Gasteiger partial charge in [0, 0.05) is 18.5 Å². The average Bonchev–Trinajstić information content (AvgIpc) is 2.86. The number of carbonyl (C=O) groups excluding carboxylic acids is 1. The van der Waals surface area contributed by atoms with E-state index in [1.807, 2.05) is 20.8 Å². The van der Waals surface area contributed by atoms with Crippen molar-refractivity contribution in [1.82, 2.24) is 15.0 Å². The zero-order chi connectivity index (χ0) is 14.8. The molecule has 0 N–H and O–H groups in total. The van der Waals surface area contributed by atoms with Crippen LogP contribution in [0, 0.1) is 0 Å². The lowest BCUT2D eigenvalue weighted by molar-refractivity contribution is -0.160. The van der Waals surface area contributed by atoms with Crippen molar-refractivity contribution in [2.45, 2.75) is 38.8 Å². The van der Waals surface area contributed by atoms with Crippen LogP contribution in [0.15, 0.2) is 4.52 Å². The Balaban J connectivity index is 1.96. The van der Waals surface area contributed by atoms with Crippen LogP contribution >= 0.6 is 0 Å². The van der Waals surface area contributed by atoms with Crippen molar-refractivity contribution < 1.29 is 18.8 Å². The van der Waals surface area contributed by atoms with E-state index in [2.05, 4.69) is 15.0 Å². The van der Waals surface area contributed by atoms with Gasteiger partial charge in [0.05, 0.1) is 20.3 Å². The maximum atomic E-state index is 11.5. The van der Waals surface area contributed by atoms with Crippen molar-refractivity contribution >= 4 is 5.97 Å². The molecule has 1 aliphatic heterocycles. The highest BCUT2D eigenvalue weighted by atomic mass is 16.6. The largest absolute Gasteiger partial charge is 0.467 e. The van der Waals surface area contributed by atoms with Gasteiger partial charge in [0.1, 0.15) is 0 Å². The minimum absolute atomic E-state index is 0.162.